The monoisotopic (exact) mass is 248 g/mol. The van der Waals surface area contributed by atoms with Crippen molar-refractivity contribution in [2.75, 3.05) is 7.11 Å². The first-order valence-electron chi connectivity index (χ1n) is 4.68. The number of ether oxygens (including phenoxy) is 1. The predicted octanol–water partition coefficient (Wildman–Crippen LogP) is 2.81. The lowest BCUT2D eigenvalue weighted by Gasteiger charge is -2.16. The first kappa shape index (κ1) is 13.3. The third-order valence-electron chi connectivity index (χ3n) is 2.51. The van der Waals surface area contributed by atoms with Gasteiger partial charge in [0.1, 0.15) is 11.3 Å². The molecule has 0 amide bonds. The topological polar surface area (TPSA) is 46.5 Å². The van der Waals surface area contributed by atoms with Crippen molar-refractivity contribution < 1.29 is 27.8 Å². The summed E-state index contributed by atoms with van der Waals surface area (Å²) in [4.78, 5) is 11.3. The Kier molecular flexibility index (Phi) is 3.35. The second kappa shape index (κ2) is 4.27. The summed E-state index contributed by atoms with van der Waals surface area (Å²) in [6.07, 6.45) is -4.72. The Morgan fingerprint density at radius 3 is 2.29 bits per heavy atom. The minimum Gasteiger partial charge on any atom is -0.507 e. The molecule has 0 bridgehead atoms. The number of carbonyl (C=O) groups is 1. The molecule has 1 aromatic carbocycles. The molecule has 0 unspecified atom stereocenters. The number of rotatable bonds is 1. The van der Waals surface area contributed by atoms with E-state index in [0.29, 0.717) is 0 Å². The van der Waals surface area contributed by atoms with Gasteiger partial charge in [-0.3, -0.25) is 0 Å². The summed E-state index contributed by atoms with van der Waals surface area (Å²) in [5.41, 5.74) is -1.56. The van der Waals surface area contributed by atoms with E-state index in [1.807, 2.05) is 0 Å². The van der Waals surface area contributed by atoms with Crippen LogP contribution in [0.4, 0.5) is 13.2 Å². The van der Waals surface area contributed by atoms with Crippen LogP contribution in [0.1, 0.15) is 27.0 Å². The van der Waals surface area contributed by atoms with Gasteiger partial charge < -0.3 is 9.84 Å². The lowest BCUT2D eigenvalue weighted by atomic mass is 9.98. The summed E-state index contributed by atoms with van der Waals surface area (Å²) >= 11 is 0. The van der Waals surface area contributed by atoms with Gasteiger partial charge in [0.2, 0.25) is 0 Å². The fraction of sp³-hybridized carbons (Fsp3) is 0.364. The summed E-state index contributed by atoms with van der Waals surface area (Å²) in [5.74, 6) is -1.90. The molecule has 0 saturated heterocycles. The SMILES string of the molecule is COC(=O)c1c(C(F)(F)F)cc(C)c(C)c1O. The zero-order valence-corrected chi connectivity index (χ0v) is 9.47. The van der Waals surface area contributed by atoms with E-state index in [9.17, 15) is 23.1 Å². The van der Waals surface area contributed by atoms with Crippen molar-refractivity contribution in [3.8, 4) is 5.75 Å². The van der Waals surface area contributed by atoms with Crippen molar-refractivity contribution in [1.29, 1.82) is 0 Å². The van der Waals surface area contributed by atoms with Gasteiger partial charge in [-0.2, -0.15) is 13.2 Å². The highest BCUT2D eigenvalue weighted by molar-refractivity contribution is 5.95. The van der Waals surface area contributed by atoms with Crippen LogP contribution < -0.4 is 0 Å². The van der Waals surface area contributed by atoms with Crippen LogP contribution in [0, 0.1) is 13.8 Å². The molecular formula is C11H11F3O3. The van der Waals surface area contributed by atoms with Crippen LogP contribution in [0.25, 0.3) is 0 Å². The fourth-order valence-corrected chi connectivity index (χ4v) is 1.43. The molecule has 0 heterocycles. The number of benzene rings is 1. The Labute approximate surface area is 95.8 Å². The Hall–Kier alpha value is -1.72. The van der Waals surface area contributed by atoms with Crippen molar-refractivity contribution in [1.82, 2.24) is 0 Å². The maximum Gasteiger partial charge on any atom is 0.417 e. The van der Waals surface area contributed by atoms with E-state index in [1.54, 1.807) is 0 Å². The van der Waals surface area contributed by atoms with Gasteiger partial charge in [0.15, 0.2) is 0 Å². The number of methoxy groups -OCH3 is 1. The number of esters is 1. The molecule has 94 valence electrons. The van der Waals surface area contributed by atoms with Gasteiger partial charge in [0.05, 0.1) is 12.7 Å². The predicted molar refractivity (Wildman–Crippen MR) is 53.9 cm³/mol. The molecule has 1 N–H and O–H groups in total. The first-order valence-corrected chi connectivity index (χ1v) is 4.68. The quantitative estimate of drug-likeness (QED) is 0.777. The average Bonchev–Trinajstić information content (AvgIpc) is 2.23. The molecule has 0 fully saturated rings. The maximum atomic E-state index is 12.7. The summed E-state index contributed by atoms with van der Waals surface area (Å²) in [6, 6.07) is 0.821. The Morgan fingerprint density at radius 1 is 1.35 bits per heavy atom. The number of alkyl halides is 3. The van der Waals surface area contributed by atoms with E-state index in [1.165, 1.54) is 13.8 Å². The molecule has 0 atom stereocenters. The number of phenolic OH excluding ortho intramolecular Hbond substituents is 1. The third-order valence-corrected chi connectivity index (χ3v) is 2.51. The van der Waals surface area contributed by atoms with E-state index in [4.69, 9.17) is 0 Å². The Bertz CT molecular complexity index is 464. The summed E-state index contributed by atoms with van der Waals surface area (Å²) < 4.78 is 42.4. The second-order valence-electron chi connectivity index (χ2n) is 3.58. The minimum atomic E-state index is -4.72. The molecule has 0 aliphatic rings. The van der Waals surface area contributed by atoms with Gasteiger partial charge >= 0.3 is 12.1 Å². The van der Waals surface area contributed by atoms with Crippen LogP contribution in [0.3, 0.4) is 0 Å². The van der Waals surface area contributed by atoms with E-state index >= 15 is 0 Å². The molecule has 3 nitrogen and oxygen atoms in total. The standard InChI is InChI=1S/C11H11F3O3/c1-5-4-7(11(12,13)14)8(10(16)17-3)9(15)6(5)2/h4,15H,1-3H3. The van der Waals surface area contributed by atoms with Gasteiger partial charge in [-0.25, -0.2) is 4.79 Å². The number of carbonyl (C=O) groups excluding carboxylic acids is 1. The van der Waals surface area contributed by atoms with Crippen molar-refractivity contribution >= 4 is 5.97 Å². The molecule has 6 heteroatoms. The smallest absolute Gasteiger partial charge is 0.417 e. The van der Waals surface area contributed by atoms with Gasteiger partial charge in [0.25, 0.3) is 0 Å². The van der Waals surface area contributed by atoms with E-state index < -0.39 is 29.0 Å². The van der Waals surface area contributed by atoms with Crippen molar-refractivity contribution in [2.45, 2.75) is 20.0 Å². The summed E-state index contributed by atoms with van der Waals surface area (Å²) in [7, 11) is 0.955. The first-order chi connectivity index (χ1) is 7.70. The normalized spacial score (nSPS) is 11.4. The Balaban J connectivity index is 3.64. The molecule has 1 aromatic rings. The summed E-state index contributed by atoms with van der Waals surface area (Å²) in [5, 5.41) is 9.62. The zero-order valence-electron chi connectivity index (χ0n) is 9.47. The molecule has 0 aromatic heterocycles. The van der Waals surface area contributed by atoms with Crippen molar-refractivity contribution in [3.05, 3.63) is 28.3 Å². The number of hydrogen-bond acceptors (Lipinski definition) is 3. The number of hydrogen-bond donors (Lipinski definition) is 1. The van der Waals surface area contributed by atoms with Crippen LogP contribution in [-0.2, 0) is 10.9 Å². The minimum absolute atomic E-state index is 0.221. The third kappa shape index (κ3) is 2.35. The van der Waals surface area contributed by atoms with Crippen molar-refractivity contribution in [2.24, 2.45) is 0 Å². The highest BCUT2D eigenvalue weighted by Crippen LogP contribution is 2.38. The van der Waals surface area contributed by atoms with Gasteiger partial charge in [-0.1, -0.05) is 0 Å². The molecule has 0 aliphatic heterocycles. The molecule has 0 spiro atoms. The van der Waals surface area contributed by atoms with E-state index in [0.717, 1.165) is 13.2 Å². The zero-order chi connectivity index (χ0) is 13.4. The lowest BCUT2D eigenvalue weighted by molar-refractivity contribution is -0.138. The highest BCUT2D eigenvalue weighted by atomic mass is 19.4. The lowest BCUT2D eigenvalue weighted by Crippen LogP contribution is -2.15. The van der Waals surface area contributed by atoms with Crippen LogP contribution in [-0.4, -0.2) is 18.2 Å². The molecule has 1 rings (SSSR count). The van der Waals surface area contributed by atoms with E-state index in [2.05, 4.69) is 4.74 Å². The summed E-state index contributed by atoms with van der Waals surface area (Å²) in [6.45, 7) is 2.85. The van der Waals surface area contributed by atoms with Crippen molar-refractivity contribution in [3.63, 3.8) is 0 Å². The average molecular weight is 248 g/mol. The maximum absolute atomic E-state index is 12.7. The molecule has 17 heavy (non-hydrogen) atoms. The Morgan fingerprint density at radius 2 is 1.88 bits per heavy atom. The van der Waals surface area contributed by atoms with Gasteiger partial charge in [-0.05, 0) is 31.0 Å². The van der Waals surface area contributed by atoms with Crippen LogP contribution in [0.15, 0.2) is 6.07 Å². The number of aromatic hydroxyl groups is 1. The van der Waals surface area contributed by atoms with Crippen LogP contribution in [0.2, 0.25) is 0 Å². The number of aryl methyl sites for hydroxylation is 1. The fourth-order valence-electron chi connectivity index (χ4n) is 1.43. The molecule has 0 saturated carbocycles. The second-order valence-corrected chi connectivity index (χ2v) is 3.58. The van der Waals surface area contributed by atoms with Gasteiger partial charge in [0, 0.05) is 0 Å². The molecular weight excluding hydrogens is 237 g/mol. The van der Waals surface area contributed by atoms with Gasteiger partial charge in [-0.15, -0.1) is 0 Å². The van der Waals surface area contributed by atoms with Crippen LogP contribution in [0.5, 0.6) is 5.75 Å². The largest absolute Gasteiger partial charge is 0.507 e. The number of phenols is 1. The van der Waals surface area contributed by atoms with Crippen LogP contribution >= 0.6 is 0 Å². The highest BCUT2D eigenvalue weighted by Gasteiger charge is 2.38. The number of halogens is 3. The molecule has 0 radical (unpaired) electrons. The van der Waals surface area contributed by atoms with E-state index in [-0.39, 0.29) is 11.1 Å². The molecule has 0 aliphatic carbocycles.